The summed E-state index contributed by atoms with van der Waals surface area (Å²) in [7, 11) is 0. The molecule has 0 unspecified atom stereocenters. The quantitative estimate of drug-likeness (QED) is 0.717. The van der Waals surface area contributed by atoms with Crippen LogP contribution in [0.2, 0.25) is 0 Å². The Morgan fingerprint density at radius 1 is 0.867 bits per heavy atom. The highest BCUT2D eigenvalue weighted by atomic mass is 16.6. The van der Waals surface area contributed by atoms with Gasteiger partial charge in [-0.2, -0.15) is 0 Å². The number of benzene rings is 2. The van der Waals surface area contributed by atoms with E-state index in [9.17, 15) is 14.4 Å². The third kappa shape index (κ3) is 6.62. The molecule has 7 heteroatoms. The number of hydrogen-bond donors (Lipinski definition) is 2. The van der Waals surface area contributed by atoms with Crippen LogP contribution >= 0.6 is 0 Å². The summed E-state index contributed by atoms with van der Waals surface area (Å²) >= 11 is 0. The lowest BCUT2D eigenvalue weighted by atomic mass is 10.1. The van der Waals surface area contributed by atoms with Crippen LogP contribution in [0.4, 0.5) is 16.2 Å². The molecule has 2 aromatic carbocycles. The molecule has 2 rings (SSSR count). The standard InChI is InChI=1S/C23H29N3O4/c1-6-26(7-2)21(28)16-11-13-18(14-12-16)24-20(27)17-9-8-10-19(15-17)25-22(29)30-23(3,4)5/h8-15H,6-7H2,1-5H3,(H,24,27)(H,25,29). The molecule has 0 aliphatic heterocycles. The summed E-state index contributed by atoms with van der Waals surface area (Å²) in [5.74, 6) is -0.371. The van der Waals surface area contributed by atoms with Crippen LogP contribution < -0.4 is 10.6 Å². The first-order valence-corrected chi connectivity index (χ1v) is 9.93. The second kappa shape index (κ2) is 9.91. The Morgan fingerprint density at radius 2 is 1.50 bits per heavy atom. The summed E-state index contributed by atoms with van der Waals surface area (Å²) in [5.41, 5.74) is 1.36. The van der Waals surface area contributed by atoms with Crippen LogP contribution in [0.3, 0.4) is 0 Å². The van der Waals surface area contributed by atoms with Crippen molar-refractivity contribution in [3.63, 3.8) is 0 Å². The van der Waals surface area contributed by atoms with Crippen molar-refractivity contribution in [2.75, 3.05) is 23.7 Å². The summed E-state index contributed by atoms with van der Waals surface area (Å²) in [6, 6.07) is 13.3. The van der Waals surface area contributed by atoms with Gasteiger partial charge >= 0.3 is 6.09 Å². The molecule has 160 valence electrons. The van der Waals surface area contributed by atoms with Crippen LogP contribution in [0.15, 0.2) is 48.5 Å². The molecule has 0 atom stereocenters. The molecule has 30 heavy (non-hydrogen) atoms. The fourth-order valence-corrected chi connectivity index (χ4v) is 2.75. The molecule has 0 heterocycles. The van der Waals surface area contributed by atoms with Gasteiger partial charge in [0.1, 0.15) is 5.60 Å². The summed E-state index contributed by atoms with van der Waals surface area (Å²) in [5, 5.41) is 5.41. The molecule has 0 bridgehead atoms. The number of nitrogens with zero attached hydrogens (tertiary/aromatic N) is 1. The molecule has 7 nitrogen and oxygen atoms in total. The van der Waals surface area contributed by atoms with E-state index >= 15 is 0 Å². The van der Waals surface area contributed by atoms with Gasteiger partial charge in [-0.1, -0.05) is 6.07 Å². The average Bonchev–Trinajstić information content (AvgIpc) is 2.68. The Balaban J connectivity index is 2.04. The van der Waals surface area contributed by atoms with Crippen molar-refractivity contribution in [1.29, 1.82) is 0 Å². The molecular formula is C23H29N3O4. The number of carbonyl (C=O) groups is 3. The van der Waals surface area contributed by atoms with E-state index in [0.29, 0.717) is 35.6 Å². The van der Waals surface area contributed by atoms with Gasteiger partial charge in [0.25, 0.3) is 11.8 Å². The highest BCUT2D eigenvalue weighted by Gasteiger charge is 2.17. The van der Waals surface area contributed by atoms with Crippen LogP contribution in [0, 0.1) is 0 Å². The van der Waals surface area contributed by atoms with E-state index in [4.69, 9.17) is 4.74 Å². The van der Waals surface area contributed by atoms with E-state index in [1.807, 2.05) is 13.8 Å². The number of ether oxygens (including phenoxy) is 1. The molecule has 3 amide bonds. The Hall–Kier alpha value is -3.35. The van der Waals surface area contributed by atoms with Crippen LogP contribution in [0.25, 0.3) is 0 Å². The number of nitrogens with one attached hydrogen (secondary N) is 2. The van der Waals surface area contributed by atoms with Crippen LogP contribution in [-0.2, 0) is 4.74 Å². The molecule has 0 fully saturated rings. The molecule has 0 saturated carbocycles. The normalized spacial score (nSPS) is 10.8. The van der Waals surface area contributed by atoms with E-state index in [0.717, 1.165) is 0 Å². The fraction of sp³-hybridized carbons (Fsp3) is 0.348. The third-order valence-corrected chi connectivity index (χ3v) is 4.21. The van der Waals surface area contributed by atoms with Crippen LogP contribution in [0.1, 0.15) is 55.3 Å². The number of anilines is 2. The molecule has 2 N–H and O–H groups in total. The van der Waals surface area contributed by atoms with Gasteiger partial charge in [0, 0.05) is 35.6 Å². The number of rotatable bonds is 6. The minimum atomic E-state index is -0.613. The van der Waals surface area contributed by atoms with Gasteiger partial charge in [-0.05, 0) is 77.1 Å². The summed E-state index contributed by atoms with van der Waals surface area (Å²) < 4.78 is 5.22. The first kappa shape index (κ1) is 22.9. The van der Waals surface area contributed by atoms with Crippen LogP contribution in [0.5, 0.6) is 0 Å². The second-order valence-corrected chi connectivity index (χ2v) is 7.72. The van der Waals surface area contributed by atoms with Gasteiger partial charge in [-0.3, -0.25) is 14.9 Å². The molecule has 0 radical (unpaired) electrons. The first-order chi connectivity index (χ1) is 14.1. The molecule has 0 aromatic heterocycles. The maximum atomic E-state index is 12.6. The van der Waals surface area contributed by atoms with E-state index < -0.39 is 11.7 Å². The van der Waals surface area contributed by atoms with E-state index in [1.54, 1.807) is 74.2 Å². The van der Waals surface area contributed by atoms with Gasteiger partial charge in [0.2, 0.25) is 0 Å². The fourth-order valence-electron chi connectivity index (χ4n) is 2.75. The predicted octanol–water partition coefficient (Wildman–Crippen LogP) is 4.77. The van der Waals surface area contributed by atoms with Gasteiger partial charge in [0.05, 0.1) is 0 Å². The SMILES string of the molecule is CCN(CC)C(=O)c1ccc(NC(=O)c2cccc(NC(=O)OC(C)(C)C)c2)cc1. The zero-order valence-electron chi connectivity index (χ0n) is 18.1. The van der Waals surface area contributed by atoms with Crippen molar-refractivity contribution in [3.05, 3.63) is 59.7 Å². The van der Waals surface area contributed by atoms with Crippen LogP contribution in [-0.4, -0.2) is 41.5 Å². The van der Waals surface area contributed by atoms with Crippen molar-refractivity contribution in [3.8, 4) is 0 Å². The van der Waals surface area contributed by atoms with E-state index in [-0.39, 0.29) is 11.8 Å². The Labute approximate surface area is 177 Å². The lowest BCUT2D eigenvalue weighted by Gasteiger charge is -2.19. The van der Waals surface area contributed by atoms with E-state index in [1.165, 1.54) is 0 Å². The molecule has 0 saturated heterocycles. The highest BCUT2D eigenvalue weighted by molar-refractivity contribution is 6.05. The average molecular weight is 412 g/mol. The van der Waals surface area contributed by atoms with Crippen molar-refractivity contribution in [2.45, 2.75) is 40.2 Å². The minimum Gasteiger partial charge on any atom is -0.444 e. The number of hydrogen-bond acceptors (Lipinski definition) is 4. The topological polar surface area (TPSA) is 87.7 Å². The molecule has 0 aliphatic carbocycles. The van der Waals surface area contributed by atoms with Gasteiger partial charge in [0.15, 0.2) is 0 Å². The zero-order chi connectivity index (χ0) is 22.3. The summed E-state index contributed by atoms with van der Waals surface area (Å²) in [6.45, 7) is 10.5. The predicted molar refractivity (Wildman–Crippen MR) is 118 cm³/mol. The maximum absolute atomic E-state index is 12.6. The summed E-state index contributed by atoms with van der Waals surface area (Å²) in [6.07, 6.45) is -0.589. The number of amides is 3. The van der Waals surface area contributed by atoms with Gasteiger partial charge in [-0.15, -0.1) is 0 Å². The lowest BCUT2D eigenvalue weighted by Crippen LogP contribution is -2.30. The first-order valence-electron chi connectivity index (χ1n) is 9.93. The molecular weight excluding hydrogens is 382 g/mol. The Bertz CT molecular complexity index is 897. The maximum Gasteiger partial charge on any atom is 0.412 e. The van der Waals surface area contributed by atoms with E-state index in [2.05, 4.69) is 10.6 Å². The lowest BCUT2D eigenvalue weighted by molar-refractivity contribution is 0.0635. The Morgan fingerprint density at radius 3 is 2.07 bits per heavy atom. The smallest absolute Gasteiger partial charge is 0.412 e. The molecule has 2 aromatic rings. The summed E-state index contributed by atoms with van der Waals surface area (Å²) in [4.78, 5) is 38.6. The van der Waals surface area contributed by atoms with Crippen molar-refractivity contribution >= 4 is 29.3 Å². The van der Waals surface area contributed by atoms with Gasteiger partial charge in [-0.25, -0.2) is 4.79 Å². The van der Waals surface area contributed by atoms with Crippen molar-refractivity contribution in [1.82, 2.24) is 4.90 Å². The number of carbonyl (C=O) groups excluding carboxylic acids is 3. The third-order valence-electron chi connectivity index (χ3n) is 4.21. The largest absolute Gasteiger partial charge is 0.444 e. The molecule has 0 spiro atoms. The zero-order valence-corrected chi connectivity index (χ0v) is 18.1. The highest BCUT2D eigenvalue weighted by Crippen LogP contribution is 2.16. The Kier molecular flexibility index (Phi) is 7.58. The molecule has 0 aliphatic rings. The van der Waals surface area contributed by atoms with Crippen molar-refractivity contribution in [2.24, 2.45) is 0 Å². The second-order valence-electron chi connectivity index (χ2n) is 7.72. The van der Waals surface area contributed by atoms with Gasteiger partial charge < -0.3 is 15.0 Å². The monoisotopic (exact) mass is 411 g/mol. The minimum absolute atomic E-state index is 0.0428. The van der Waals surface area contributed by atoms with Crippen molar-refractivity contribution < 1.29 is 19.1 Å².